The first-order valence-electron chi connectivity index (χ1n) is 29.7. The Morgan fingerprint density at radius 2 is 0.725 bits per heavy atom. The molecule has 0 radical (unpaired) electrons. The van der Waals surface area contributed by atoms with Gasteiger partial charge in [0.1, 0.15) is 22.3 Å². The van der Waals surface area contributed by atoms with Crippen LogP contribution >= 0.6 is 0 Å². The highest BCUT2D eigenvalue weighted by atomic mass is 16.3. The number of fused-ring (bicyclic) bond motifs is 18. The van der Waals surface area contributed by atoms with Crippen LogP contribution in [-0.2, 0) is 0 Å². The standard InChI is InChI=1S/C74H50N4O2/c75-33-45-29-59-71(67-43-21-35-15-36(22-43)18-41(17-35)65(45)67)55-27-39(47-9-5-13-63-69(47)49-7-1-3-11-61(49)79-63)25-53-51-31-58-52(32-57(51)77(59)73(53)55)54-26-40(48-10-6-14-64-70(48)50-8-2-4-12-62(50)80-64)28-56-72-60(78(58)74(54)56)30-46(34-76)66-42-19-37-16-38(20-42)24-44(23-37)68(66)72/h1-14,25-32,35-38,41-44H,15-24H2. The third-order valence-corrected chi connectivity index (χ3v) is 22.2. The molecule has 4 fully saturated rings. The molecule has 4 atom stereocenters. The molecule has 0 aliphatic heterocycles. The summed E-state index contributed by atoms with van der Waals surface area (Å²) < 4.78 is 18.3. The van der Waals surface area contributed by atoms with E-state index in [1.807, 2.05) is 0 Å². The number of hydrogen-bond donors (Lipinski definition) is 0. The highest BCUT2D eigenvalue weighted by molar-refractivity contribution is 6.31. The average Bonchev–Trinajstić information content (AvgIpc) is 4.37. The first-order valence-corrected chi connectivity index (χ1v) is 29.7. The lowest BCUT2D eigenvalue weighted by molar-refractivity contribution is 0.166. The number of furan rings is 2. The molecule has 0 N–H and O–H groups in total. The predicted molar refractivity (Wildman–Crippen MR) is 322 cm³/mol. The summed E-state index contributed by atoms with van der Waals surface area (Å²) in [5.41, 5.74) is 22.9. The Balaban J connectivity index is 0.945. The van der Waals surface area contributed by atoms with Gasteiger partial charge in [0, 0.05) is 64.6 Å². The Labute approximate surface area is 458 Å². The van der Waals surface area contributed by atoms with Crippen LogP contribution in [0.25, 0.3) is 142 Å². The quantitative estimate of drug-likeness (QED) is 0.173. The molecule has 4 saturated carbocycles. The van der Waals surface area contributed by atoms with Gasteiger partial charge in [0.15, 0.2) is 0 Å². The Bertz CT molecular complexity index is 5120. The summed E-state index contributed by atoms with van der Waals surface area (Å²) in [6.45, 7) is 0. The minimum Gasteiger partial charge on any atom is -0.456 e. The average molecular weight is 1030 g/mol. The molecular weight excluding hydrogens is 977 g/mol. The van der Waals surface area contributed by atoms with Crippen LogP contribution in [0.2, 0.25) is 0 Å². The zero-order chi connectivity index (χ0) is 51.7. The summed E-state index contributed by atoms with van der Waals surface area (Å²) in [7, 11) is 0. The zero-order valence-corrected chi connectivity index (χ0v) is 44.0. The van der Waals surface area contributed by atoms with Crippen LogP contribution in [0.4, 0.5) is 0 Å². The first kappa shape index (κ1) is 42.2. The van der Waals surface area contributed by atoms with Crippen molar-refractivity contribution in [1.82, 2.24) is 8.80 Å². The lowest BCUT2D eigenvalue weighted by Crippen LogP contribution is -2.25. The smallest absolute Gasteiger partial charge is 0.136 e. The molecule has 0 spiro atoms. The van der Waals surface area contributed by atoms with Gasteiger partial charge >= 0.3 is 0 Å². The maximum atomic E-state index is 11.3. The molecule has 80 heavy (non-hydrogen) atoms. The van der Waals surface area contributed by atoms with Gasteiger partial charge < -0.3 is 17.6 Å². The van der Waals surface area contributed by atoms with Gasteiger partial charge in [-0.1, -0.05) is 60.7 Å². The van der Waals surface area contributed by atoms with Crippen molar-refractivity contribution in [3.63, 3.8) is 0 Å². The first-order chi connectivity index (χ1) is 39.5. The van der Waals surface area contributed by atoms with Crippen molar-refractivity contribution >= 4 is 120 Å². The molecule has 0 saturated heterocycles. The summed E-state index contributed by atoms with van der Waals surface area (Å²) in [6, 6.07) is 55.4. The summed E-state index contributed by atoms with van der Waals surface area (Å²) in [5.74, 6) is 4.62. The number of nitrogens with zero attached hydrogens (tertiary/aromatic N) is 4. The van der Waals surface area contributed by atoms with Crippen molar-refractivity contribution in [1.29, 1.82) is 10.5 Å². The van der Waals surface area contributed by atoms with E-state index in [0.717, 1.165) is 89.7 Å². The van der Waals surface area contributed by atoms with Crippen LogP contribution in [0.15, 0.2) is 142 Å². The predicted octanol–water partition coefficient (Wildman–Crippen LogP) is 19.6. The van der Waals surface area contributed by atoms with Gasteiger partial charge in [-0.3, -0.25) is 0 Å². The van der Waals surface area contributed by atoms with E-state index in [4.69, 9.17) is 8.83 Å². The molecule has 9 aromatic carbocycles. The van der Waals surface area contributed by atoms with E-state index in [1.165, 1.54) is 174 Å². The summed E-state index contributed by atoms with van der Waals surface area (Å²) in [4.78, 5) is 0. The van der Waals surface area contributed by atoms with E-state index in [9.17, 15) is 10.5 Å². The second-order valence-corrected chi connectivity index (χ2v) is 26.1. The molecule has 6 nitrogen and oxygen atoms in total. The summed E-state index contributed by atoms with van der Waals surface area (Å²) >= 11 is 0. The maximum Gasteiger partial charge on any atom is 0.136 e. The van der Waals surface area contributed by atoms with Crippen LogP contribution < -0.4 is 0 Å². The van der Waals surface area contributed by atoms with E-state index in [-0.39, 0.29) is 0 Å². The van der Waals surface area contributed by atoms with Gasteiger partial charge in [0.25, 0.3) is 0 Å². The second-order valence-electron chi connectivity index (χ2n) is 26.1. The number of hydrogen-bond acceptors (Lipinski definition) is 4. The van der Waals surface area contributed by atoms with E-state index in [0.29, 0.717) is 23.7 Å². The Hall–Kier alpha value is -8.84. The van der Waals surface area contributed by atoms with Crippen LogP contribution in [0.3, 0.4) is 0 Å². The lowest BCUT2D eigenvalue weighted by atomic mass is 9.67. The number of benzene rings is 9. The zero-order valence-electron chi connectivity index (χ0n) is 44.0. The van der Waals surface area contributed by atoms with Crippen molar-refractivity contribution in [3.8, 4) is 34.4 Å². The van der Waals surface area contributed by atoms with Crippen molar-refractivity contribution in [2.24, 2.45) is 23.7 Å². The van der Waals surface area contributed by atoms with Gasteiger partial charge in [0.05, 0.1) is 56.4 Å². The molecule has 23 rings (SSSR count). The Morgan fingerprint density at radius 1 is 0.338 bits per heavy atom. The van der Waals surface area contributed by atoms with Crippen LogP contribution in [-0.4, -0.2) is 8.80 Å². The Morgan fingerprint density at radius 3 is 1.15 bits per heavy atom. The molecule has 378 valence electrons. The maximum absolute atomic E-state index is 11.3. The normalized spacial score (nSPS) is 24.0. The molecule has 0 amide bonds. The number of aromatic nitrogens is 2. The molecule has 4 unspecified atom stereocenters. The third-order valence-electron chi connectivity index (χ3n) is 22.2. The van der Waals surface area contributed by atoms with Gasteiger partial charge in [-0.2, -0.15) is 10.5 Å². The Kier molecular flexibility index (Phi) is 7.54. The van der Waals surface area contributed by atoms with Crippen molar-refractivity contribution in [3.05, 3.63) is 167 Å². The minimum absolute atomic E-state index is 0.429. The largest absolute Gasteiger partial charge is 0.456 e. The fraction of sp³-hybridized carbons (Fsp3) is 0.243. The third kappa shape index (κ3) is 5.01. The topological polar surface area (TPSA) is 82.7 Å². The van der Waals surface area contributed by atoms with Gasteiger partial charge in [-0.05, 0) is 229 Å². The van der Waals surface area contributed by atoms with E-state index >= 15 is 0 Å². The number of nitriles is 2. The van der Waals surface area contributed by atoms with Crippen LogP contribution in [0.1, 0.15) is 121 Å². The second kappa shape index (κ2) is 14.3. The molecule has 8 aliphatic rings. The number of rotatable bonds is 2. The lowest BCUT2D eigenvalue weighted by Gasteiger charge is -2.38. The van der Waals surface area contributed by atoms with Gasteiger partial charge in [-0.15, -0.1) is 0 Å². The molecule has 8 bridgehead atoms. The van der Waals surface area contributed by atoms with E-state index in [1.54, 1.807) is 0 Å². The van der Waals surface area contributed by atoms with Crippen molar-refractivity contribution in [2.75, 3.05) is 0 Å². The van der Waals surface area contributed by atoms with Crippen LogP contribution in [0.5, 0.6) is 0 Å². The fourth-order valence-electron chi connectivity index (χ4n) is 19.9. The van der Waals surface area contributed by atoms with E-state index < -0.39 is 0 Å². The fourth-order valence-corrected chi connectivity index (χ4v) is 19.9. The molecule has 15 aromatic rings. The molecule has 8 aliphatic carbocycles. The number of para-hydroxylation sites is 2. The molecule has 6 heteroatoms. The molecule has 6 aromatic heterocycles. The van der Waals surface area contributed by atoms with Crippen LogP contribution in [0, 0.1) is 46.3 Å². The van der Waals surface area contributed by atoms with E-state index in [2.05, 4.69) is 154 Å². The van der Waals surface area contributed by atoms with Crippen molar-refractivity contribution in [2.45, 2.75) is 87.9 Å². The van der Waals surface area contributed by atoms with Crippen molar-refractivity contribution < 1.29 is 8.83 Å². The summed E-state index contributed by atoms with van der Waals surface area (Å²) in [6.07, 6.45) is 12.4. The molecule has 6 heterocycles. The highest BCUT2D eigenvalue weighted by Crippen LogP contribution is 2.62. The minimum atomic E-state index is 0.429. The van der Waals surface area contributed by atoms with Gasteiger partial charge in [0.2, 0.25) is 0 Å². The van der Waals surface area contributed by atoms with Gasteiger partial charge in [-0.25, -0.2) is 0 Å². The summed E-state index contributed by atoms with van der Waals surface area (Å²) in [5, 5.41) is 37.4. The monoisotopic (exact) mass is 1030 g/mol. The highest BCUT2D eigenvalue weighted by Gasteiger charge is 2.46. The SMILES string of the molecule is N#Cc1cc2c(c3c1C1CC4CC(C1)CC3C4)c1cc(-c3cccc4oc5ccccc5c34)cc3c4cc5c(cc4n2c31)c1cc(-c2cccc3oc4ccccc4c23)cc2c3c4c(c(C#N)cc3n5c12)C1CC2CC(C1)CC4C2. The molecular formula is C74H50N4O2.